The van der Waals surface area contributed by atoms with Crippen LogP contribution in [0, 0.1) is 0 Å². The summed E-state index contributed by atoms with van der Waals surface area (Å²) in [6, 6.07) is 0. The van der Waals surface area contributed by atoms with Crippen LogP contribution >= 0.6 is 10.9 Å². The fourth-order valence-corrected chi connectivity index (χ4v) is 5.14. The van der Waals surface area contributed by atoms with Gasteiger partial charge in [0.25, 0.3) is 0 Å². The summed E-state index contributed by atoms with van der Waals surface area (Å²) >= 11 is 0. The Balaban J connectivity index is 2.47. The number of thiol groups is 1. The van der Waals surface area contributed by atoms with E-state index in [1.165, 1.54) is 37.7 Å². The van der Waals surface area contributed by atoms with E-state index in [1.807, 2.05) is 0 Å². The summed E-state index contributed by atoms with van der Waals surface area (Å²) in [7, 11) is -0.0964. The molecular formula is C12H22O3S. The van der Waals surface area contributed by atoms with Crippen molar-refractivity contribution in [1.82, 2.24) is 0 Å². The number of Topliss-reactive ketones (excluding diaryl/α,β-unsaturated/α-hetero) is 1. The van der Waals surface area contributed by atoms with Crippen LogP contribution in [0.3, 0.4) is 0 Å². The molecule has 0 aromatic carbocycles. The average Bonchev–Trinajstić information content (AvgIpc) is 2.25. The molecule has 1 rings (SSSR count). The summed E-state index contributed by atoms with van der Waals surface area (Å²) < 4.78 is 5.08. The third-order valence-corrected chi connectivity index (χ3v) is 6.05. The molecule has 3 nitrogen and oxygen atoms in total. The van der Waals surface area contributed by atoms with Gasteiger partial charge in [0.05, 0.1) is 0 Å². The van der Waals surface area contributed by atoms with Crippen molar-refractivity contribution in [3.8, 4) is 0 Å². The monoisotopic (exact) mass is 246 g/mol. The van der Waals surface area contributed by atoms with E-state index in [-0.39, 0.29) is 22.6 Å². The first kappa shape index (κ1) is 13.6. The van der Waals surface area contributed by atoms with Crippen LogP contribution in [0.5, 0.6) is 0 Å². The van der Waals surface area contributed by atoms with Gasteiger partial charge in [-0.15, -0.1) is 0 Å². The van der Waals surface area contributed by atoms with Crippen LogP contribution in [0.25, 0.3) is 0 Å². The van der Waals surface area contributed by atoms with Crippen LogP contribution in [-0.2, 0) is 14.3 Å². The van der Waals surface area contributed by atoms with Gasteiger partial charge in [0, 0.05) is 18.6 Å². The molecule has 0 aromatic heterocycles. The van der Waals surface area contributed by atoms with E-state index in [9.17, 15) is 9.59 Å². The number of hydrogen-bond donors (Lipinski definition) is 1. The second-order valence-electron chi connectivity index (χ2n) is 4.46. The normalized spacial score (nSPS) is 20.2. The molecule has 0 amide bonds. The predicted molar refractivity (Wildman–Crippen MR) is 68.3 cm³/mol. The van der Waals surface area contributed by atoms with Crippen LogP contribution in [-0.4, -0.2) is 35.1 Å². The molecule has 1 aliphatic rings. The Morgan fingerprint density at radius 3 is 2.31 bits per heavy atom. The third-order valence-electron chi connectivity index (χ3n) is 2.91. The second-order valence-corrected chi connectivity index (χ2v) is 7.26. The number of ether oxygens (including phenoxy) is 1. The summed E-state index contributed by atoms with van der Waals surface area (Å²) in [5.74, 6) is 2.47. The van der Waals surface area contributed by atoms with Crippen molar-refractivity contribution in [3.63, 3.8) is 0 Å². The van der Waals surface area contributed by atoms with Gasteiger partial charge in [0.15, 0.2) is 0 Å². The molecule has 1 unspecified atom stereocenters. The van der Waals surface area contributed by atoms with E-state index in [0.29, 0.717) is 18.3 Å². The summed E-state index contributed by atoms with van der Waals surface area (Å²) in [4.78, 5) is 22.0. The number of carbonyl (C=O) groups excluding carboxylic acids is 2. The van der Waals surface area contributed by atoms with Crippen LogP contribution in [0.1, 0.15) is 39.5 Å². The highest BCUT2D eigenvalue weighted by Gasteiger charge is 2.22. The van der Waals surface area contributed by atoms with Gasteiger partial charge in [-0.25, -0.2) is 10.9 Å². The molecule has 1 saturated heterocycles. The van der Waals surface area contributed by atoms with Crippen molar-refractivity contribution in [3.05, 3.63) is 0 Å². The van der Waals surface area contributed by atoms with Gasteiger partial charge >= 0.3 is 5.97 Å². The van der Waals surface area contributed by atoms with Crippen LogP contribution in [0.15, 0.2) is 0 Å². The van der Waals surface area contributed by atoms with Crippen LogP contribution in [0.4, 0.5) is 0 Å². The van der Waals surface area contributed by atoms with Crippen LogP contribution < -0.4 is 0 Å². The fraction of sp³-hybridized carbons (Fsp3) is 0.833. The molecule has 0 bridgehead atoms. The lowest BCUT2D eigenvalue weighted by molar-refractivity contribution is -0.141. The average molecular weight is 246 g/mol. The topological polar surface area (TPSA) is 43.4 Å². The van der Waals surface area contributed by atoms with Crippen molar-refractivity contribution < 1.29 is 14.3 Å². The molecule has 4 heteroatoms. The molecular weight excluding hydrogens is 224 g/mol. The van der Waals surface area contributed by atoms with E-state index in [4.69, 9.17) is 4.74 Å². The summed E-state index contributed by atoms with van der Waals surface area (Å²) in [6.07, 6.45) is 4.46. The standard InChI is InChI=1S/C12H22O3S/c1-10(13)8-12(9-15-11(2)14)16-6-4-3-5-7-16/h12,16H,3-9H2,1-2H3. The van der Waals surface area contributed by atoms with Gasteiger partial charge in [-0.3, -0.25) is 9.59 Å². The molecule has 0 aliphatic carbocycles. The number of rotatable bonds is 5. The molecule has 0 saturated carbocycles. The van der Waals surface area contributed by atoms with Crippen molar-refractivity contribution in [2.45, 2.75) is 44.8 Å². The van der Waals surface area contributed by atoms with Gasteiger partial charge < -0.3 is 4.74 Å². The highest BCUT2D eigenvalue weighted by atomic mass is 32.2. The second kappa shape index (κ2) is 6.94. The Labute approximate surface area is 100 Å². The fourth-order valence-electron chi connectivity index (χ4n) is 2.12. The van der Waals surface area contributed by atoms with Gasteiger partial charge in [-0.2, -0.15) is 0 Å². The molecule has 1 fully saturated rings. The quantitative estimate of drug-likeness (QED) is 0.596. The first-order chi connectivity index (χ1) is 7.59. The lowest BCUT2D eigenvalue weighted by atomic mass is 10.2. The van der Waals surface area contributed by atoms with Crippen LogP contribution in [0.2, 0.25) is 0 Å². The number of esters is 1. The van der Waals surface area contributed by atoms with Crippen molar-refractivity contribution >= 4 is 22.6 Å². The molecule has 1 aliphatic heterocycles. The van der Waals surface area contributed by atoms with Gasteiger partial charge in [0.2, 0.25) is 0 Å². The predicted octanol–water partition coefficient (Wildman–Crippen LogP) is 2.08. The highest BCUT2D eigenvalue weighted by molar-refractivity contribution is 8.17. The maximum absolute atomic E-state index is 11.2. The number of ketones is 1. The Hall–Kier alpha value is -0.510. The maximum atomic E-state index is 11.2. The van der Waals surface area contributed by atoms with Gasteiger partial charge in [-0.05, 0) is 31.3 Å². The highest BCUT2D eigenvalue weighted by Crippen LogP contribution is 2.39. The minimum atomic E-state index is -0.236. The zero-order chi connectivity index (χ0) is 12.0. The SMILES string of the molecule is CC(=O)CC(COC(C)=O)[SH]1CCCCC1. The summed E-state index contributed by atoms with van der Waals surface area (Å²) in [5.41, 5.74) is 0. The first-order valence-corrected chi connectivity index (χ1v) is 7.74. The van der Waals surface area contributed by atoms with Gasteiger partial charge in [-0.1, -0.05) is 6.42 Å². The molecule has 0 spiro atoms. The Bertz CT molecular complexity index is 247. The Kier molecular flexibility index (Phi) is 5.88. The molecule has 0 N–H and O–H groups in total. The van der Waals surface area contributed by atoms with E-state index >= 15 is 0 Å². The van der Waals surface area contributed by atoms with E-state index in [0.717, 1.165) is 0 Å². The Morgan fingerprint density at radius 1 is 1.19 bits per heavy atom. The maximum Gasteiger partial charge on any atom is 0.302 e. The third kappa shape index (κ3) is 5.01. The minimum absolute atomic E-state index is 0.0964. The summed E-state index contributed by atoms with van der Waals surface area (Å²) in [5, 5.41) is 0.302. The Morgan fingerprint density at radius 2 is 1.81 bits per heavy atom. The minimum Gasteiger partial charge on any atom is -0.465 e. The zero-order valence-corrected chi connectivity index (χ0v) is 11.1. The van der Waals surface area contributed by atoms with Gasteiger partial charge in [0.1, 0.15) is 12.4 Å². The molecule has 0 radical (unpaired) electrons. The molecule has 1 atom stereocenters. The van der Waals surface area contributed by atoms with Crippen molar-refractivity contribution in [2.24, 2.45) is 0 Å². The lowest BCUT2D eigenvalue weighted by Crippen LogP contribution is -2.25. The van der Waals surface area contributed by atoms with E-state index in [2.05, 4.69) is 0 Å². The molecule has 16 heavy (non-hydrogen) atoms. The molecule has 1 heterocycles. The zero-order valence-electron chi connectivity index (χ0n) is 10.2. The summed E-state index contributed by atoms with van der Waals surface area (Å²) in [6.45, 7) is 3.50. The largest absolute Gasteiger partial charge is 0.465 e. The first-order valence-electron chi connectivity index (χ1n) is 5.96. The molecule has 94 valence electrons. The number of hydrogen-bond acceptors (Lipinski definition) is 3. The lowest BCUT2D eigenvalue weighted by Gasteiger charge is -2.33. The van der Waals surface area contributed by atoms with E-state index in [1.54, 1.807) is 6.92 Å². The van der Waals surface area contributed by atoms with Crippen molar-refractivity contribution in [2.75, 3.05) is 18.1 Å². The van der Waals surface area contributed by atoms with Crippen molar-refractivity contribution in [1.29, 1.82) is 0 Å². The molecule has 0 aromatic rings. The van der Waals surface area contributed by atoms with E-state index < -0.39 is 0 Å². The number of carbonyl (C=O) groups is 2. The smallest absolute Gasteiger partial charge is 0.302 e.